The zero-order chi connectivity index (χ0) is 49.5. The molecule has 7 heteroatoms. The number of hydrogen-bond acceptors (Lipinski definition) is 2. The number of imidazole rings is 1. The predicted octanol–water partition coefficient (Wildman–Crippen LogP) is 16.7. The Morgan fingerprint density at radius 2 is 0.986 bits per heavy atom. The van der Waals surface area contributed by atoms with Gasteiger partial charge in [0, 0.05) is 6.20 Å². The first-order valence-electron chi connectivity index (χ1n) is 24.7. The number of hydrogen-bond donors (Lipinski definition) is 0. The summed E-state index contributed by atoms with van der Waals surface area (Å²) in [7, 11) is 0. The second-order valence-corrected chi connectivity index (χ2v) is 21.0. The average Bonchev–Trinajstić information content (AvgIpc) is 4.03. The molecule has 0 saturated heterocycles. The number of pyridine rings is 1. The van der Waals surface area contributed by atoms with E-state index < -0.39 is 0 Å². The number of benzene rings is 9. The van der Waals surface area contributed by atoms with Crippen molar-refractivity contribution in [2.75, 3.05) is 0 Å². The molecule has 0 aliphatic carbocycles. The number of aromatic nitrogens is 5. The van der Waals surface area contributed by atoms with E-state index in [1.54, 1.807) is 0 Å². The first-order chi connectivity index (χ1) is 35.6. The number of aryl methyl sites for hydroxylation is 2. The molecule has 0 N–H and O–H groups in total. The van der Waals surface area contributed by atoms with Crippen molar-refractivity contribution >= 4 is 54.6 Å². The molecule has 0 amide bonds. The molecule has 0 fully saturated rings. The fraction of sp³-hybridized carbons (Fsp3) is 0.0909. The molecule has 13 rings (SSSR count). The fourth-order valence-electron chi connectivity index (χ4n) is 10.6. The van der Waals surface area contributed by atoms with E-state index in [-0.39, 0.29) is 5.41 Å². The van der Waals surface area contributed by atoms with E-state index >= 15 is 0 Å². The number of para-hydroxylation sites is 5. The van der Waals surface area contributed by atoms with E-state index in [9.17, 15) is 0 Å². The summed E-state index contributed by atoms with van der Waals surface area (Å²) in [5.74, 6) is 2.02. The van der Waals surface area contributed by atoms with Gasteiger partial charge in [-0.3, -0.25) is 0 Å². The molecule has 0 radical (unpaired) electrons. The number of ether oxygens (including phenoxy) is 1. The van der Waals surface area contributed by atoms with Crippen LogP contribution in [0.4, 0.5) is 0 Å². The Kier molecular flexibility index (Phi) is 10.7. The van der Waals surface area contributed by atoms with E-state index in [0.717, 1.165) is 81.8 Å². The van der Waals surface area contributed by atoms with Crippen LogP contribution in [0.3, 0.4) is 0 Å². The molecule has 0 bridgehead atoms. The zero-order valence-electron chi connectivity index (χ0n) is 41.1. The Hall–Kier alpha value is -8.31. The molecule has 4 aromatic heterocycles. The molecule has 9 aromatic carbocycles. The summed E-state index contributed by atoms with van der Waals surface area (Å²) in [5.41, 5.74) is 17.5. The molecule has 4 heterocycles. The van der Waals surface area contributed by atoms with Crippen molar-refractivity contribution in [3.63, 3.8) is 0 Å². The SMILES string of the molecule is Cc1ccc(-c2cc(-n3c4ccccc4c4ccccc43)cc(-c3ccc(C)cc3)c2-n2[c](=[Pt])n(-c3[c-]c(Oc4[c-]c5c(cc4)c4ccccc4n5-c4cc(C(C)(C)C)ccn4)ccc3)c3ccccc32)cc1. The van der Waals surface area contributed by atoms with E-state index in [2.05, 4.69) is 266 Å². The molecule has 356 valence electrons. The molecular formula is C66H49N5OPt-2. The van der Waals surface area contributed by atoms with Gasteiger partial charge in [-0.2, -0.15) is 0 Å². The van der Waals surface area contributed by atoms with Crippen LogP contribution < -0.4 is 4.74 Å². The number of fused-ring (bicyclic) bond motifs is 7. The van der Waals surface area contributed by atoms with Crippen LogP contribution in [0, 0.1) is 29.8 Å². The quantitative estimate of drug-likeness (QED) is 0.142. The van der Waals surface area contributed by atoms with Crippen LogP contribution in [0.5, 0.6) is 11.5 Å². The number of nitrogens with zero attached hydrogens (tertiary/aromatic N) is 5. The van der Waals surface area contributed by atoms with Gasteiger partial charge in [0.25, 0.3) is 0 Å². The normalized spacial score (nSPS) is 12.0. The molecule has 0 atom stereocenters. The third kappa shape index (κ3) is 7.59. The standard InChI is InChI=1S/C66H49N5O.Pt/c1-43-25-29-45(30-26-43)56-39-49(70-58-20-9-6-17-52(58)53-18-7-10-21-59(53)70)40-57(46-31-27-44(2)28-32-46)65(56)69-42-68(61-23-12-13-24-62(61)69)48-15-14-16-50(38-48)72-51-33-34-55-54-19-8-11-22-60(54)71(63(55)41-51)64-37-47(35-36-67-64)66(3,4)5;/h6-37,39-40H,1-5H3;/q-2;. The van der Waals surface area contributed by atoms with Crippen molar-refractivity contribution in [3.8, 4) is 56.6 Å². The Bertz CT molecular complexity index is 4250. The van der Waals surface area contributed by atoms with Crippen molar-refractivity contribution in [2.24, 2.45) is 0 Å². The molecule has 13 aromatic rings. The molecule has 0 aliphatic rings. The summed E-state index contributed by atoms with van der Waals surface area (Å²) in [5, 5.41) is 4.68. The van der Waals surface area contributed by atoms with Crippen LogP contribution in [-0.2, 0) is 24.8 Å². The maximum absolute atomic E-state index is 6.77. The first-order valence-corrected chi connectivity index (χ1v) is 25.8. The summed E-state index contributed by atoms with van der Waals surface area (Å²) in [6.45, 7) is 11.0. The van der Waals surface area contributed by atoms with Gasteiger partial charge in [0.05, 0.1) is 0 Å². The molecular weight excluding hydrogens is 1070 g/mol. The van der Waals surface area contributed by atoms with Crippen LogP contribution in [0.15, 0.2) is 206 Å². The molecule has 0 saturated carbocycles. The molecule has 0 unspecified atom stereocenters. The third-order valence-corrected chi connectivity index (χ3v) is 15.2. The average molecular weight is 1120 g/mol. The Morgan fingerprint density at radius 3 is 1.58 bits per heavy atom. The van der Waals surface area contributed by atoms with Crippen LogP contribution in [0.25, 0.3) is 99.8 Å². The Labute approximate surface area is 435 Å². The van der Waals surface area contributed by atoms with Crippen LogP contribution in [0.2, 0.25) is 0 Å². The van der Waals surface area contributed by atoms with E-state index in [0.29, 0.717) is 11.5 Å². The van der Waals surface area contributed by atoms with Gasteiger partial charge in [0.15, 0.2) is 0 Å². The topological polar surface area (TPSA) is 41.8 Å². The Balaban J connectivity index is 0.997. The summed E-state index contributed by atoms with van der Waals surface area (Å²) < 4.78 is 17.1. The minimum atomic E-state index is -0.0384. The van der Waals surface area contributed by atoms with Crippen molar-refractivity contribution < 1.29 is 24.1 Å². The molecule has 0 spiro atoms. The minimum absolute atomic E-state index is 0.0384. The monoisotopic (exact) mass is 1120 g/mol. The predicted molar refractivity (Wildman–Crippen MR) is 296 cm³/mol. The van der Waals surface area contributed by atoms with E-state index in [1.807, 2.05) is 24.4 Å². The van der Waals surface area contributed by atoms with Crippen LogP contribution in [-0.4, -0.2) is 23.3 Å². The molecule has 73 heavy (non-hydrogen) atoms. The molecule has 6 nitrogen and oxygen atoms in total. The van der Waals surface area contributed by atoms with Crippen LogP contribution in [0.1, 0.15) is 37.5 Å². The number of rotatable bonds is 8. The third-order valence-electron chi connectivity index (χ3n) is 14.2. The van der Waals surface area contributed by atoms with E-state index in [4.69, 9.17) is 9.72 Å². The van der Waals surface area contributed by atoms with Gasteiger partial charge in [-0.05, 0) is 17.0 Å². The fourth-order valence-corrected chi connectivity index (χ4v) is 11.6. The summed E-state index contributed by atoms with van der Waals surface area (Å²) in [6, 6.07) is 79.2. The zero-order valence-corrected chi connectivity index (χ0v) is 43.4. The van der Waals surface area contributed by atoms with Gasteiger partial charge in [0.1, 0.15) is 0 Å². The van der Waals surface area contributed by atoms with Crippen LogP contribution >= 0.6 is 0 Å². The summed E-state index contributed by atoms with van der Waals surface area (Å²) in [6.07, 6.45) is 1.90. The summed E-state index contributed by atoms with van der Waals surface area (Å²) >= 11 is 2.51. The molecule has 0 aliphatic heterocycles. The van der Waals surface area contributed by atoms with Crippen molar-refractivity contribution in [3.05, 3.63) is 239 Å². The first kappa shape index (κ1) is 44.6. The second-order valence-electron chi connectivity index (χ2n) is 20.0. The summed E-state index contributed by atoms with van der Waals surface area (Å²) in [4.78, 5) is 4.89. The van der Waals surface area contributed by atoms with Gasteiger partial charge in [0.2, 0.25) is 0 Å². The second kappa shape index (κ2) is 17.5. The van der Waals surface area contributed by atoms with Gasteiger partial charge >= 0.3 is 382 Å². The van der Waals surface area contributed by atoms with Gasteiger partial charge < -0.3 is 0 Å². The van der Waals surface area contributed by atoms with Gasteiger partial charge in [-0.15, -0.1) is 0 Å². The maximum atomic E-state index is 6.77. The van der Waals surface area contributed by atoms with E-state index in [1.165, 1.54) is 38.5 Å². The van der Waals surface area contributed by atoms with Gasteiger partial charge in [-0.1, -0.05) is 32.9 Å². The van der Waals surface area contributed by atoms with Crippen molar-refractivity contribution in [1.82, 2.24) is 23.3 Å². The van der Waals surface area contributed by atoms with Crippen molar-refractivity contribution in [2.45, 2.75) is 40.0 Å². The Morgan fingerprint density at radius 1 is 0.466 bits per heavy atom. The van der Waals surface area contributed by atoms with Crippen molar-refractivity contribution in [1.29, 1.82) is 0 Å². The van der Waals surface area contributed by atoms with Gasteiger partial charge in [-0.25, -0.2) is 0 Å².